The molecular formula is C26H36N8O5S2. The summed E-state index contributed by atoms with van der Waals surface area (Å²) in [7, 11) is -0.415. The fraction of sp³-hybridized carbons (Fsp3) is 0.500. The molecule has 1 aliphatic rings. The van der Waals surface area contributed by atoms with Gasteiger partial charge in [-0.3, -0.25) is 4.72 Å². The van der Waals surface area contributed by atoms with Crippen molar-refractivity contribution in [2.24, 2.45) is 15.5 Å². The lowest BCUT2D eigenvalue weighted by molar-refractivity contribution is -0.108. The van der Waals surface area contributed by atoms with E-state index in [4.69, 9.17) is 24.3 Å². The average molecular weight is 605 g/mol. The molecule has 222 valence electrons. The van der Waals surface area contributed by atoms with Crippen molar-refractivity contribution < 1.29 is 22.6 Å². The number of rotatable bonds is 12. The van der Waals surface area contributed by atoms with E-state index in [0.717, 1.165) is 17.8 Å². The number of hydrogen-bond donors (Lipinski definition) is 1. The lowest BCUT2D eigenvalue weighted by Crippen LogP contribution is -2.28. The predicted octanol–water partition coefficient (Wildman–Crippen LogP) is 4.00. The van der Waals surface area contributed by atoms with Gasteiger partial charge in [-0.25, -0.2) is 18.4 Å². The molecule has 0 bridgehead atoms. The van der Waals surface area contributed by atoms with Gasteiger partial charge in [-0.2, -0.15) is 9.78 Å². The fourth-order valence-corrected chi connectivity index (χ4v) is 5.51. The summed E-state index contributed by atoms with van der Waals surface area (Å²) < 4.78 is 44.5. The van der Waals surface area contributed by atoms with E-state index in [-0.39, 0.29) is 11.7 Å². The van der Waals surface area contributed by atoms with Crippen molar-refractivity contribution in [1.82, 2.24) is 19.9 Å². The summed E-state index contributed by atoms with van der Waals surface area (Å²) in [6.07, 6.45) is 2.61. The third kappa shape index (κ3) is 7.09. The van der Waals surface area contributed by atoms with E-state index in [0.29, 0.717) is 58.4 Å². The molecule has 3 heterocycles. The molecule has 0 saturated carbocycles. The highest BCUT2D eigenvalue weighted by Crippen LogP contribution is 2.36. The van der Waals surface area contributed by atoms with Crippen molar-refractivity contribution in [3.63, 3.8) is 0 Å². The Morgan fingerprint density at radius 1 is 1.20 bits per heavy atom. The van der Waals surface area contributed by atoms with E-state index < -0.39 is 10.0 Å². The summed E-state index contributed by atoms with van der Waals surface area (Å²) in [6.45, 7) is 12.0. The number of fused-ring (bicyclic) bond motifs is 1. The van der Waals surface area contributed by atoms with Crippen molar-refractivity contribution in [2.45, 2.75) is 40.9 Å². The Balaban J connectivity index is 1.72. The van der Waals surface area contributed by atoms with Crippen LogP contribution in [0.1, 0.15) is 40.4 Å². The molecule has 0 radical (unpaired) electrons. The van der Waals surface area contributed by atoms with Crippen molar-refractivity contribution in [2.75, 3.05) is 49.8 Å². The van der Waals surface area contributed by atoms with Gasteiger partial charge < -0.3 is 19.1 Å². The molecule has 0 amide bonds. The van der Waals surface area contributed by atoms with Gasteiger partial charge in [0.25, 0.3) is 0 Å². The Morgan fingerprint density at radius 3 is 2.56 bits per heavy atom. The molecule has 0 aliphatic carbocycles. The lowest BCUT2D eigenvalue weighted by atomic mass is 9.87. The van der Waals surface area contributed by atoms with Gasteiger partial charge >= 0.3 is 0 Å². The molecule has 1 aromatic carbocycles. The number of ether oxygens (including phenoxy) is 3. The number of benzene rings is 1. The Kier molecular flexibility index (Phi) is 9.11. The van der Waals surface area contributed by atoms with Crippen LogP contribution in [0, 0.1) is 5.41 Å². The summed E-state index contributed by atoms with van der Waals surface area (Å²) in [5, 5.41) is 15.2. The zero-order valence-corrected chi connectivity index (χ0v) is 26.1. The minimum atomic E-state index is -3.56. The molecule has 2 aromatic heterocycles. The van der Waals surface area contributed by atoms with Gasteiger partial charge in [-0.15, -0.1) is 10.2 Å². The molecule has 1 unspecified atom stereocenters. The normalized spacial score (nSPS) is 15.1. The van der Waals surface area contributed by atoms with Crippen LogP contribution < -0.4 is 14.4 Å². The van der Waals surface area contributed by atoms with Gasteiger partial charge in [0.15, 0.2) is 12.1 Å². The number of methoxy groups -OCH3 is 2. The second-order valence-corrected chi connectivity index (χ2v) is 13.1. The first-order chi connectivity index (χ1) is 19.3. The molecule has 4 rings (SSSR count). The molecule has 0 fully saturated rings. The van der Waals surface area contributed by atoms with Crippen LogP contribution in [-0.2, 0) is 19.5 Å². The van der Waals surface area contributed by atoms with Crippen LogP contribution in [0.25, 0.3) is 11.4 Å². The van der Waals surface area contributed by atoms with Crippen LogP contribution in [0.5, 0.6) is 5.75 Å². The summed E-state index contributed by atoms with van der Waals surface area (Å²) in [5.41, 5.74) is 1.67. The van der Waals surface area contributed by atoms with Crippen molar-refractivity contribution in [3.8, 4) is 17.1 Å². The zero-order valence-electron chi connectivity index (χ0n) is 24.5. The van der Waals surface area contributed by atoms with Gasteiger partial charge in [-0.1, -0.05) is 32.1 Å². The second kappa shape index (κ2) is 12.2. The van der Waals surface area contributed by atoms with Gasteiger partial charge in [0, 0.05) is 31.2 Å². The summed E-state index contributed by atoms with van der Waals surface area (Å²) in [6, 6.07) is 4.97. The number of aliphatic imine (C=N–C) groups is 1. The number of nitrogens with one attached hydrogen (secondary N) is 1. The standard InChI is InChI=1S/C26H36N8O5S2/c1-9-33(12-13-39-16(2)37-6)20-15-27-25(40-20)28-21-22(26(3,4)5)31-34-23(29-30-24(21)34)18-14-17(38-7)10-11-19(18)32-41(8,35)36/h10-11,14-16,32H,9,12-13H2,1-8H3/b28-21-. The molecule has 41 heavy (non-hydrogen) atoms. The summed E-state index contributed by atoms with van der Waals surface area (Å²) in [4.78, 5) is 11.6. The molecule has 13 nitrogen and oxygen atoms in total. The Bertz CT molecular complexity index is 1560. The Hall–Kier alpha value is -3.40. The van der Waals surface area contributed by atoms with E-state index in [1.807, 2.05) is 27.7 Å². The van der Waals surface area contributed by atoms with Crippen LogP contribution in [0.4, 0.5) is 15.8 Å². The molecular weight excluding hydrogens is 568 g/mol. The van der Waals surface area contributed by atoms with Gasteiger partial charge in [-0.05, 0) is 32.0 Å². The van der Waals surface area contributed by atoms with Crippen LogP contribution in [0.15, 0.2) is 34.5 Å². The van der Waals surface area contributed by atoms with E-state index in [9.17, 15) is 8.42 Å². The van der Waals surface area contributed by atoms with E-state index in [1.165, 1.54) is 18.4 Å². The van der Waals surface area contributed by atoms with E-state index >= 15 is 0 Å². The highest BCUT2D eigenvalue weighted by atomic mass is 32.2. The summed E-state index contributed by atoms with van der Waals surface area (Å²) in [5.74, 6) is 1.31. The molecule has 3 aromatic rings. The van der Waals surface area contributed by atoms with Gasteiger partial charge in [0.2, 0.25) is 21.0 Å². The average Bonchev–Trinajstić information content (AvgIpc) is 3.62. The minimum Gasteiger partial charge on any atom is -0.497 e. The first-order valence-corrected chi connectivity index (χ1v) is 15.7. The highest BCUT2D eigenvalue weighted by Gasteiger charge is 2.36. The quantitative estimate of drug-likeness (QED) is 0.303. The maximum atomic E-state index is 12.1. The van der Waals surface area contributed by atoms with Crippen LogP contribution in [-0.4, -0.2) is 86.2 Å². The molecule has 1 aliphatic heterocycles. The lowest BCUT2D eigenvalue weighted by Gasteiger charge is -2.21. The molecule has 1 N–H and O–H groups in total. The first-order valence-electron chi connectivity index (χ1n) is 13.0. The smallest absolute Gasteiger partial charge is 0.229 e. The number of nitrogens with zero attached hydrogens (tertiary/aromatic N) is 7. The van der Waals surface area contributed by atoms with Crippen molar-refractivity contribution >= 4 is 48.6 Å². The number of sulfonamides is 1. The van der Waals surface area contributed by atoms with Crippen LogP contribution >= 0.6 is 11.3 Å². The monoisotopic (exact) mass is 604 g/mol. The maximum Gasteiger partial charge on any atom is 0.229 e. The van der Waals surface area contributed by atoms with Gasteiger partial charge in [0.05, 0.1) is 37.6 Å². The SMILES string of the molecule is CCN(CCOC(C)OC)c1cnc(/N=C2/C(C(C)(C)C)=Nn3c2nnc3-c2cc(OC)ccc2NS(C)(=O)=O)s1. The fourth-order valence-electron chi connectivity index (χ4n) is 4.05. The predicted molar refractivity (Wildman–Crippen MR) is 161 cm³/mol. The number of aromatic nitrogens is 4. The number of thiazole rings is 1. The number of hydrogen-bond acceptors (Lipinski definition) is 12. The van der Waals surface area contributed by atoms with Crippen molar-refractivity contribution in [3.05, 3.63) is 30.2 Å². The molecule has 1 atom stereocenters. The zero-order chi connectivity index (χ0) is 29.9. The van der Waals surface area contributed by atoms with Gasteiger partial charge in [0.1, 0.15) is 16.5 Å². The second-order valence-electron chi connectivity index (χ2n) is 10.3. The molecule has 0 spiro atoms. The number of likely N-dealkylation sites (N-methyl/N-ethyl adjacent to an activating group) is 1. The topological polar surface area (TPSA) is 145 Å². The Morgan fingerprint density at radius 2 is 1.93 bits per heavy atom. The van der Waals surface area contributed by atoms with Crippen molar-refractivity contribution in [1.29, 1.82) is 0 Å². The van der Waals surface area contributed by atoms with E-state index in [1.54, 1.807) is 36.2 Å². The molecule has 0 saturated heterocycles. The first kappa shape index (κ1) is 30.6. The summed E-state index contributed by atoms with van der Waals surface area (Å²) >= 11 is 1.46. The third-order valence-corrected chi connectivity index (χ3v) is 7.72. The minimum absolute atomic E-state index is 0.271. The maximum absolute atomic E-state index is 12.1. The largest absolute Gasteiger partial charge is 0.497 e. The Labute approximate surface area is 244 Å². The number of anilines is 2. The van der Waals surface area contributed by atoms with Crippen LogP contribution in [0.2, 0.25) is 0 Å². The van der Waals surface area contributed by atoms with E-state index in [2.05, 4.69) is 31.7 Å². The third-order valence-electron chi connectivity index (χ3n) is 6.18. The molecule has 15 heteroatoms. The highest BCUT2D eigenvalue weighted by molar-refractivity contribution is 7.92. The van der Waals surface area contributed by atoms with Crippen LogP contribution in [0.3, 0.4) is 0 Å².